The number of nitrogen functional groups attached to an aromatic ring is 1. The van der Waals surface area contributed by atoms with E-state index in [0.717, 1.165) is 28.0 Å². The molecule has 0 saturated heterocycles. The van der Waals surface area contributed by atoms with Gasteiger partial charge in [0, 0.05) is 23.7 Å². The van der Waals surface area contributed by atoms with Crippen LogP contribution in [0.15, 0.2) is 66.9 Å². The van der Waals surface area contributed by atoms with Crippen LogP contribution in [0.3, 0.4) is 0 Å². The number of primary amides is 1. The van der Waals surface area contributed by atoms with E-state index in [1.165, 1.54) is 4.90 Å². The third-order valence-electron chi connectivity index (χ3n) is 5.61. The molecule has 37 heavy (non-hydrogen) atoms. The maximum absolute atomic E-state index is 14.0. The van der Waals surface area contributed by atoms with Crippen molar-refractivity contribution in [1.82, 2.24) is 19.6 Å². The molecule has 2 aromatic carbocycles. The second-order valence-corrected chi connectivity index (χ2v) is 10.4. The molecule has 0 unspecified atom stereocenters. The summed E-state index contributed by atoms with van der Waals surface area (Å²) in [6, 6.07) is 17.5. The molecule has 2 aromatic heterocycles. The van der Waals surface area contributed by atoms with Crippen LogP contribution in [-0.2, 0) is 11.3 Å². The van der Waals surface area contributed by atoms with E-state index in [9.17, 15) is 14.4 Å². The van der Waals surface area contributed by atoms with Crippen LogP contribution in [0.25, 0.3) is 10.9 Å². The van der Waals surface area contributed by atoms with Gasteiger partial charge in [0.05, 0.1) is 11.2 Å². The first-order valence-corrected chi connectivity index (χ1v) is 12.4. The van der Waals surface area contributed by atoms with E-state index in [4.69, 9.17) is 11.5 Å². The van der Waals surface area contributed by atoms with Crippen LogP contribution >= 0.6 is 11.5 Å². The standard InChI is InChI=1S/C27H28N6O3S/c1-27(2,3)31-25(35)22(18-11-12-19-17(14-18)10-7-13-30-19)33(15-16-8-5-4-6-9-16)26(36)23-20(28)21(24(29)34)32-37-23/h4-14,22H,15,28H2,1-3H3,(H2,29,34)(H,31,35)/t22-/m1/s1. The molecule has 10 heteroatoms. The number of nitrogens with two attached hydrogens (primary N) is 2. The largest absolute Gasteiger partial charge is 0.395 e. The van der Waals surface area contributed by atoms with E-state index in [1.807, 2.05) is 75.4 Å². The van der Waals surface area contributed by atoms with Crippen LogP contribution in [0.4, 0.5) is 5.69 Å². The summed E-state index contributed by atoms with van der Waals surface area (Å²) in [5, 5.41) is 3.84. The Balaban J connectivity index is 1.88. The zero-order chi connectivity index (χ0) is 26.7. The number of nitrogens with one attached hydrogen (secondary N) is 1. The van der Waals surface area contributed by atoms with Crippen molar-refractivity contribution in [2.45, 2.75) is 38.9 Å². The summed E-state index contributed by atoms with van der Waals surface area (Å²) in [6.45, 7) is 5.72. The van der Waals surface area contributed by atoms with Gasteiger partial charge in [0.25, 0.3) is 11.8 Å². The Labute approximate surface area is 218 Å². The molecular weight excluding hydrogens is 488 g/mol. The summed E-state index contributed by atoms with van der Waals surface area (Å²) in [4.78, 5) is 45.5. The molecule has 9 nitrogen and oxygen atoms in total. The summed E-state index contributed by atoms with van der Waals surface area (Å²) < 4.78 is 3.99. The summed E-state index contributed by atoms with van der Waals surface area (Å²) in [5.74, 6) is -1.73. The molecule has 0 bridgehead atoms. The number of rotatable bonds is 7. The van der Waals surface area contributed by atoms with Gasteiger partial charge in [-0.2, -0.15) is 4.37 Å². The van der Waals surface area contributed by atoms with E-state index >= 15 is 0 Å². The lowest BCUT2D eigenvalue weighted by atomic mass is 9.99. The van der Waals surface area contributed by atoms with E-state index in [1.54, 1.807) is 12.3 Å². The first-order chi connectivity index (χ1) is 17.5. The second-order valence-electron chi connectivity index (χ2n) is 9.65. The second kappa shape index (κ2) is 10.4. The summed E-state index contributed by atoms with van der Waals surface area (Å²) >= 11 is 0.783. The van der Waals surface area contributed by atoms with Crippen molar-refractivity contribution < 1.29 is 14.4 Å². The number of fused-ring (bicyclic) bond motifs is 1. The molecule has 0 fully saturated rings. The predicted molar refractivity (Wildman–Crippen MR) is 144 cm³/mol. The van der Waals surface area contributed by atoms with Gasteiger partial charge in [0.15, 0.2) is 5.69 Å². The lowest BCUT2D eigenvalue weighted by Crippen LogP contribution is -2.49. The third kappa shape index (κ3) is 5.75. The lowest BCUT2D eigenvalue weighted by molar-refractivity contribution is -0.127. The molecule has 0 spiro atoms. The van der Waals surface area contributed by atoms with Crippen LogP contribution < -0.4 is 16.8 Å². The summed E-state index contributed by atoms with van der Waals surface area (Å²) in [5.41, 5.74) is 12.9. The van der Waals surface area contributed by atoms with Crippen molar-refractivity contribution in [2.24, 2.45) is 5.73 Å². The maximum atomic E-state index is 14.0. The predicted octanol–water partition coefficient (Wildman–Crippen LogP) is 3.67. The fraction of sp³-hybridized carbons (Fsp3) is 0.222. The van der Waals surface area contributed by atoms with Crippen molar-refractivity contribution in [3.8, 4) is 0 Å². The number of carbonyl (C=O) groups excluding carboxylic acids is 3. The Morgan fingerprint density at radius 2 is 1.78 bits per heavy atom. The first kappa shape index (κ1) is 25.8. The van der Waals surface area contributed by atoms with E-state index < -0.39 is 23.4 Å². The topological polar surface area (TPSA) is 144 Å². The van der Waals surface area contributed by atoms with Crippen molar-refractivity contribution in [3.05, 3.63) is 88.6 Å². The van der Waals surface area contributed by atoms with Gasteiger partial charge in [-0.15, -0.1) is 0 Å². The minimum absolute atomic E-state index is 0.0424. The van der Waals surface area contributed by atoms with Gasteiger partial charge in [-0.1, -0.05) is 42.5 Å². The molecular formula is C27H28N6O3S. The fourth-order valence-corrected chi connectivity index (χ4v) is 4.76. The molecule has 4 rings (SSSR count). The molecule has 3 amide bonds. The molecule has 5 N–H and O–H groups in total. The maximum Gasteiger partial charge on any atom is 0.270 e. The molecule has 2 heterocycles. The highest BCUT2D eigenvalue weighted by Crippen LogP contribution is 2.31. The van der Waals surface area contributed by atoms with Crippen LogP contribution in [0.2, 0.25) is 0 Å². The molecule has 0 radical (unpaired) electrons. The Kier molecular flexibility index (Phi) is 7.21. The number of pyridine rings is 1. The number of benzene rings is 2. The first-order valence-electron chi connectivity index (χ1n) is 11.6. The Bertz CT molecular complexity index is 1460. The number of hydrogen-bond acceptors (Lipinski definition) is 7. The molecule has 0 saturated carbocycles. The molecule has 0 aliphatic rings. The zero-order valence-corrected chi connectivity index (χ0v) is 21.6. The molecule has 1 atom stereocenters. The Morgan fingerprint density at radius 3 is 2.43 bits per heavy atom. The third-order valence-corrected chi connectivity index (χ3v) is 6.46. The van der Waals surface area contributed by atoms with Gasteiger partial charge in [-0.05, 0) is 61.6 Å². The monoisotopic (exact) mass is 516 g/mol. The highest BCUT2D eigenvalue weighted by Gasteiger charge is 2.36. The number of anilines is 1. The number of hydrogen-bond donors (Lipinski definition) is 3. The zero-order valence-electron chi connectivity index (χ0n) is 20.8. The molecule has 190 valence electrons. The number of amides is 3. The lowest BCUT2D eigenvalue weighted by Gasteiger charge is -2.33. The van der Waals surface area contributed by atoms with Crippen LogP contribution in [-0.4, -0.2) is 37.5 Å². The van der Waals surface area contributed by atoms with Gasteiger partial charge in [0.2, 0.25) is 5.91 Å². The van der Waals surface area contributed by atoms with Crippen molar-refractivity contribution in [1.29, 1.82) is 0 Å². The highest BCUT2D eigenvalue weighted by atomic mass is 32.1. The van der Waals surface area contributed by atoms with E-state index in [0.29, 0.717) is 5.56 Å². The summed E-state index contributed by atoms with van der Waals surface area (Å²) in [7, 11) is 0. The van der Waals surface area contributed by atoms with Gasteiger partial charge in [-0.3, -0.25) is 19.4 Å². The smallest absolute Gasteiger partial charge is 0.270 e. The Hall–Kier alpha value is -4.31. The molecule has 0 aliphatic heterocycles. The highest BCUT2D eigenvalue weighted by molar-refractivity contribution is 7.09. The van der Waals surface area contributed by atoms with Crippen molar-refractivity contribution in [2.75, 3.05) is 5.73 Å². The van der Waals surface area contributed by atoms with Crippen molar-refractivity contribution >= 4 is 45.8 Å². The SMILES string of the molecule is CC(C)(C)NC(=O)[C@@H](c1ccc2ncccc2c1)N(Cc1ccccc1)C(=O)c1snc(C(N)=O)c1N. The van der Waals surface area contributed by atoms with E-state index in [2.05, 4.69) is 14.7 Å². The number of nitrogens with zero attached hydrogens (tertiary/aromatic N) is 3. The Morgan fingerprint density at radius 1 is 1.05 bits per heavy atom. The molecule has 4 aromatic rings. The normalized spacial score (nSPS) is 12.2. The molecule has 0 aliphatic carbocycles. The number of aromatic nitrogens is 2. The average molecular weight is 517 g/mol. The van der Waals surface area contributed by atoms with Crippen LogP contribution in [0, 0.1) is 0 Å². The van der Waals surface area contributed by atoms with Crippen molar-refractivity contribution in [3.63, 3.8) is 0 Å². The minimum atomic E-state index is -1.02. The van der Waals surface area contributed by atoms with Gasteiger partial charge in [0.1, 0.15) is 10.9 Å². The van der Waals surface area contributed by atoms with Gasteiger partial charge in [-0.25, -0.2) is 0 Å². The van der Waals surface area contributed by atoms with E-state index in [-0.39, 0.29) is 28.7 Å². The van der Waals surface area contributed by atoms with Crippen LogP contribution in [0.1, 0.15) is 58.1 Å². The van der Waals surface area contributed by atoms with Gasteiger partial charge >= 0.3 is 0 Å². The fourth-order valence-electron chi connectivity index (χ4n) is 4.00. The number of carbonyl (C=O) groups is 3. The summed E-state index contributed by atoms with van der Waals surface area (Å²) in [6.07, 6.45) is 1.69. The average Bonchev–Trinajstić information content (AvgIpc) is 3.24. The van der Waals surface area contributed by atoms with Gasteiger partial charge < -0.3 is 21.7 Å². The quantitative estimate of drug-likeness (QED) is 0.342. The van der Waals surface area contributed by atoms with Crippen LogP contribution in [0.5, 0.6) is 0 Å². The minimum Gasteiger partial charge on any atom is -0.395 e.